The number of halogens is 2. The summed E-state index contributed by atoms with van der Waals surface area (Å²) in [6, 6.07) is 3.82. The molecule has 1 saturated heterocycles. The Hall–Kier alpha value is -0.863. The molecule has 7 heteroatoms. The van der Waals surface area contributed by atoms with Crippen LogP contribution in [0.4, 0.5) is 8.78 Å². The number of nitrogens with two attached hydrogens (primary N) is 1. The Morgan fingerprint density at radius 3 is 2.32 bits per heavy atom. The van der Waals surface area contributed by atoms with Gasteiger partial charge in [-0.25, -0.2) is 8.78 Å². The van der Waals surface area contributed by atoms with Crippen molar-refractivity contribution < 1.29 is 22.7 Å². The first-order valence-corrected chi connectivity index (χ1v) is 12.9. The van der Waals surface area contributed by atoms with E-state index >= 15 is 0 Å². The number of hydrogen-bond acceptors (Lipinski definition) is 4. The lowest BCUT2D eigenvalue weighted by atomic mass is 9.92. The van der Waals surface area contributed by atoms with Crippen LogP contribution in [0.15, 0.2) is 18.2 Å². The van der Waals surface area contributed by atoms with Crippen LogP contribution in [-0.4, -0.2) is 32.4 Å². The average Bonchev–Trinajstić information content (AvgIpc) is 3.01. The third kappa shape index (κ3) is 4.05. The summed E-state index contributed by atoms with van der Waals surface area (Å²) in [5.41, 5.74) is 6.99. The molecule has 1 aromatic rings. The Morgan fingerprint density at radius 2 is 1.75 bits per heavy atom. The minimum atomic E-state index is -2.20. The highest BCUT2D eigenvalue weighted by atomic mass is 28.4. The van der Waals surface area contributed by atoms with E-state index in [1.165, 1.54) is 6.07 Å². The molecule has 1 unspecified atom stereocenters. The third-order valence-electron chi connectivity index (χ3n) is 6.44. The van der Waals surface area contributed by atoms with E-state index in [0.29, 0.717) is 12.0 Å². The molecule has 1 aliphatic heterocycles. The Labute approximate surface area is 167 Å². The predicted molar refractivity (Wildman–Crippen MR) is 107 cm³/mol. The number of fused-ring (bicyclic) bond motifs is 1. The van der Waals surface area contributed by atoms with Crippen LogP contribution in [0, 0.1) is 17.6 Å². The summed E-state index contributed by atoms with van der Waals surface area (Å²) in [6.07, 6.45) is -0.262. The van der Waals surface area contributed by atoms with Crippen molar-refractivity contribution in [2.75, 3.05) is 0 Å². The van der Waals surface area contributed by atoms with Gasteiger partial charge in [0.2, 0.25) is 0 Å². The van der Waals surface area contributed by atoms with Crippen LogP contribution in [0.25, 0.3) is 0 Å². The van der Waals surface area contributed by atoms with Crippen LogP contribution in [0.1, 0.15) is 52.7 Å². The summed E-state index contributed by atoms with van der Waals surface area (Å²) < 4.78 is 46.6. The summed E-state index contributed by atoms with van der Waals surface area (Å²) in [6.45, 7) is 14.5. The lowest BCUT2D eigenvalue weighted by Crippen LogP contribution is -2.44. The van der Waals surface area contributed by atoms with Crippen LogP contribution in [0.3, 0.4) is 0 Å². The molecule has 1 aliphatic carbocycles. The second-order valence-corrected chi connectivity index (χ2v) is 14.9. The van der Waals surface area contributed by atoms with E-state index in [1.54, 1.807) is 6.07 Å². The summed E-state index contributed by atoms with van der Waals surface area (Å²) in [4.78, 5) is 0. The molecule has 0 spiro atoms. The highest BCUT2D eigenvalue weighted by molar-refractivity contribution is 6.74. The summed E-state index contributed by atoms with van der Waals surface area (Å²) in [7, 11) is -2.20. The van der Waals surface area contributed by atoms with E-state index in [4.69, 9.17) is 19.6 Å². The molecule has 2 aliphatic rings. The van der Waals surface area contributed by atoms with Gasteiger partial charge >= 0.3 is 0 Å². The molecule has 1 aromatic carbocycles. The van der Waals surface area contributed by atoms with Crippen molar-refractivity contribution in [2.24, 2.45) is 11.7 Å². The van der Waals surface area contributed by atoms with Gasteiger partial charge in [0.15, 0.2) is 25.7 Å². The van der Waals surface area contributed by atoms with Crippen molar-refractivity contribution in [1.82, 2.24) is 0 Å². The quantitative estimate of drug-likeness (QED) is 0.714. The normalized spacial score (nSPS) is 31.1. The van der Waals surface area contributed by atoms with Gasteiger partial charge in [0.05, 0.1) is 12.2 Å². The van der Waals surface area contributed by atoms with Gasteiger partial charge in [-0.05, 0) is 56.1 Å². The summed E-state index contributed by atoms with van der Waals surface area (Å²) >= 11 is 0. The first kappa shape index (κ1) is 21.8. The molecule has 2 N–H and O–H groups in total. The van der Waals surface area contributed by atoms with E-state index in [1.807, 2.05) is 13.8 Å². The summed E-state index contributed by atoms with van der Waals surface area (Å²) in [5.74, 6) is -2.55. The van der Waals surface area contributed by atoms with Gasteiger partial charge in [-0.3, -0.25) is 0 Å². The van der Waals surface area contributed by atoms with Crippen molar-refractivity contribution >= 4 is 8.32 Å². The van der Waals surface area contributed by atoms with Crippen LogP contribution < -0.4 is 5.73 Å². The Morgan fingerprint density at radius 1 is 1.14 bits per heavy atom. The highest BCUT2D eigenvalue weighted by Gasteiger charge is 2.56. The smallest absolute Gasteiger partial charge is 0.192 e. The topological polar surface area (TPSA) is 53.7 Å². The maximum Gasteiger partial charge on any atom is 0.192 e. The molecule has 5 atom stereocenters. The molecule has 0 radical (unpaired) electrons. The zero-order valence-corrected chi connectivity index (χ0v) is 18.9. The molecule has 1 saturated carbocycles. The van der Waals surface area contributed by atoms with Crippen LogP contribution >= 0.6 is 0 Å². The highest BCUT2D eigenvalue weighted by Crippen LogP contribution is 2.49. The molecule has 0 amide bonds. The Kier molecular flexibility index (Phi) is 5.56. The SMILES string of the molecule is CC1(C)O[C@@H]2[C@H](O1)[C@@H](C(O[Si](C)(C)C(C)(C)C)c1ccc(F)c(F)c1)C[C@H]2N. The molecule has 28 heavy (non-hydrogen) atoms. The third-order valence-corrected chi connectivity index (χ3v) is 10.9. The maximum absolute atomic E-state index is 14.1. The van der Waals surface area contributed by atoms with Crippen LogP contribution in [0.5, 0.6) is 0 Å². The molecule has 0 bridgehead atoms. The van der Waals surface area contributed by atoms with Gasteiger partial charge in [-0.2, -0.15) is 0 Å². The van der Waals surface area contributed by atoms with Crippen molar-refractivity contribution in [3.63, 3.8) is 0 Å². The molecule has 2 fully saturated rings. The van der Waals surface area contributed by atoms with Gasteiger partial charge in [0.25, 0.3) is 0 Å². The van der Waals surface area contributed by atoms with E-state index in [9.17, 15) is 8.78 Å². The summed E-state index contributed by atoms with van der Waals surface area (Å²) in [5, 5.41) is -0.0315. The van der Waals surface area contributed by atoms with E-state index in [-0.39, 0.29) is 29.2 Å². The number of hydrogen-bond donors (Lipinski definition) is 1. The molecular weight excluding hydrogens is 380 g/mol. The zero-order chi connectivity index (χ0) is 21.1. The van der Waals surface area contributed by atoms with Crippen LogP contribution in [-0.2, 0) is 13.9 Å². The number of benzene rings is 1. The zero-order valence-electron chi connectivity index (χ0n) is 17.9. The molecular formula is C21H33F2NO3Si. The monoisotopic (exact) mass is 413 g/mol. The van der Waals surface area contributed by atoms with Gasteiger partial charge in [0.1, 0.15) is 6.10 Å². The predicted octanol–water partition coefficient (Wildman–Crippen LogP) is 4.90. The van der Waals surface area contributed by atoms with Crippen molar-refractivity contribution in [3.05, 3.63) is 35.4 Å². The van der Waals surface area contributed by atoms with E-state index < -0.39 is 31.8 Å². The van der Waals surface area contributed by atoms with Gasteiger partial charge < -0.3 is 19.6 Å². The second-order valence-electron chi connectivity index (χ2n) is 10.1. The van der Waals surface area contributed by atoms with E-state index in [0.717, 1.165) is 6.07 Å². The van der Waals surface area contributed by atoms with Gasteiger partial charge in [0, 0.05) is 12.0 Å². The van der Waals surface area contributed by atoms with Crippen LogP contribution in [0.2, 0.25) is 18.1 Å². The first-order valence-electron chi connectivity index (χ1n) is 9.96. The molecule has 158 valence electrons. The second kappa shape index (κ2) is 7.13. The number of ether oxygens (including phenoxy) is 2. The first-order chi connectivity index (χ1) is 12.7. The fraction of sp³-hybridized carbons (Fsp3) is 0.714. The average molecular weight is 414 g/mol. The lowest BCUT2D eigenvalue weighted by molar-refractivity contribution is -0.162. The Bertz CT molecular complexity index is 735. The lowest BCUT2D eigenvalue weighted by Gasteiger charge is -2.42. The fourth-order valence-electron chi connectivity index (χ4n) is 3.94. The molecule has 1 heterocycles. The largest absolute Gasteiger partial charge is 0.410 e. The fourth-order valence-corrected chi connectivity index (χ4v) is 5.24. The molecule has 0 aromatic heterocycles. The standard InChI is InChI=1S/C21H33F2NO3Si/c1-20(2,3)28(6,7)27-17(12-8-9-14(22)15(23)10-12)13-11-16(24)19-18(13)25-21(4,5)26-19/h8-10,13,16-19H,11,24H2,1-7H3/t13-,16-,17?,18-,19+/m1/s1. The van der Waals surface area contributed by atoms with E-state index in [2.05, 4.69) is 33.9 Å². The Balaban J connectivity index is 2.00. The minimum Gasteiger partial charge on any atom is -0.410 e. The van der Waals surface area contributed by atoms with Crippen molar-refractivity contribution in [1.29, 1.82) is 0 Å². The minimum absolute atomic E-state index is 0.0315. The van der Waals surface area contributed by atoms with Gasteiger partial charge in [-0.15, -0.1) is 0 Å². The van der Waals surface area contributed by atoms with Gasteiger partial charge in [-0.1, -0.05) is 26.8 Å². The number of rotatable bonds is 4. The van der Waals surface area contributed by atoms with Crippen molar-refractivity contribution in [3.8, 4) is 0 Å². The molecule has 3 rings (SSSR count). The molecule has 4 nitrogen and oxygen atoms in total. The maximum atomic E-state index is 14.1. The van der Waals surface area contributed by atoms with Crippen molar-refractivity contribution in [2.45, 2.75) is 89.3 Å².